The number of halogens is 4. The lowest BCUT2D eigenvalue weighted by Crippen LogP contribution is -2.19. The molecule has 0 aliphatic rings. The van der Waals surface area contributed by atoms with Crippen molar-refractivity contribution in [2.75, 3.05) is 17.7 Å². The number of hydrogen-bond acceptors (Lipinski definition) is 3. The van der Waals surface area contributed by atoms with Crippen LogP contribution >= 0.6 is 23.8 Å². The molecule has 6 nitrogen and oxygen atoms in total. The highest BCUT2D eigenvalue weighted by Gasteiger charge is 2.33. The second-order valence-corrected chi connectivity index (χ2v) is 8.02. The smallest absolute Gasteiger partial charge is 0.354 e. The third-order valence-corrected chi connectivity index (χ3v) is 5.49. The number of thiocarbonyl (C=S) groups is 1. The topological polar surface area (TPSA) is 71.0 Å². The van der Waals surface area contributed by atoms with E-state index in [1.54, 1.807) is 24.4 Å². The van der Waals surface area contributed by atoms with E-state index in [-0.39, 0.29) is 21.7 Å². The van der Waals surface area contributed by atoms with Crippen LogP contribution in [0.4, 0.5) is 24.5 Å². The Morgan fingerprint density at radius 3 is 2.44 bits per heavy atom. The molecule has 4 rings (SSSR count). The summed E-state index contributed by atoms with van der Waals surface area (Å²) < 4.78 is 41.2. The monoisotopic (exact) mass is 503 g/mol. The predicted molar refractivity (Wildman–Crippen MR) is 131 cm³/mol. The first-order chi connectivity index (χ1) is 16.2. The van der Waals surface area contributed by atoms with Crippen molar-refractivity contribution >= 4 is 57.1 Å². The van der Waals surface area contributed by atoms with E-state index in [0.29, 0.717) is 11.4 Å². The molecule has 34 heavy (non-hydrogen) atoms. The van der Waals surface area contributed by atoms with Gasteiger partial charge in [-0.3, -0.25) is 9.78 Å². The first-order valence-corrected chi connectivity index (χ1v) is 10.7. The van der Waals surface area contributed by atoms with E-state index < -0.39 is 11.7 Å². The van der Waals surface area contributed by atoms with E-state index in [1.807, 2.05) is 29.0 Å². The maximum atomic E-state index is 13.1. The summed E-state index contributed by atoms with van der Waals surface area (Å²) in [5.74, 6) is -0.283. The Balaban J connectivity index is 1.53. The molecule has 2 heterocycles. The van der Waals surface area contributed by atoms with Crippen molar-refractivity contribution in [1.82, 2.24) is 14.9 Å². The molecule has 0 saturated carbocycles. The Morgan fingerprint density at radius 2 is 1.74 bits per heavy atom. The molecule has 1 amide bonds. The van der Waals surface area contributed by atoms with Crippen molar-refractivity contribution < 1.29 is 18.0 Å². The van der Waals surface area contributed by atoms with E-state index in [2.05, 4.69) is 20.9 Å². The van der Waals surface area contributed by atoms with Gasteiger partial charge in [-0.15, -0.1) is 0 Å². The molecule has 2 aromatic heterocycles. The molecule has 0 spiro atoms. The Labute approximate surface area is 202 Å². The number of fused-ring (bicyclic) bond motifs is 1. The third kappa shape index (κ3) is 4.97. The van der Waals surface area contributed by atoms with Gasteiger partial charge in [-0.1, -0.05) is 11.6 Å². The number of aromatic nitrogens is 2. The quantitative estimate of drug-likeness (QED) is 0.304. The molecule has 4 aromatic rings. The van der Waals surface area contributed by atoms with Gasteiger partial charge in [0.25, 0.3) is 5.91 Å². The lowest BCUT2D eigenvalue weighted by atomic mass is 10.2. The number of carbonyl (C=O) groups excluding carboxylic acids is 1. The molecule has 3 N–H and O–H groups in total. The molecule has 0 bridgehead atoms. The standard InChI is InChI=1S/C23H17ClF3N5OS/c1-28-21(33)19-12-16(6-8-29-19)32-9-7-13-10-14(3-5-20(13)32)30-22(34)31-15-2-4-18(24)17(11-15)23(25,26)27/h2-12H,1H3,(H,28,33)(H2,30,31,34). The van der Waals surface area contributed by atoms with Gasteiger partial charge >= 0.3 is 6.18 Å². The fourth-order valence-corrected chi connectivity index (χ4v) is 3.84. The summed E-state index contributed by atoms with van der Waals surface area (Å²) in [7, 11) is 1.54. The minimum absolute atomic E-state index is 0.124. The SMILES string of the molecule is CNC(=O)c1cc(-n2ccc3cc(NC(=S)Nc4ccc(Cl)c(C(F)(F)F)c4)ccc32)ccn1. The Kier molecular flexibility index (Phi) is 6.45. The zero-order valence-corrected chi connectivity index (χ0v) is 19.1. The van der Waals surface area contributed by atoms with Gasteiger partial charge in [0.15, 0.2) is 5.11 Å². The van der Waals surface area contributed by atoms with Crippen molar-refractivity contribution in [3.63, 3.8) is 0 Å². The summed E-state index contributed by atoms with van der Waals surface area (Å²) in [6, 6.07) is 14.4. The Bertz CT molecular complexity index is 1400. The number of rotatable bonds is 4. The number of benzene rings is 2. The highest BCUT2D eigenvalue weighted by molar-refractivity contribution is 7.80. The highest BCUT2D eigenvalue weighted by atomic mass is 35.5. The molecule has 0 aliphatic carbocycles. The number of pyridine rings is 1. The summed E-state index contributed by atoms with van der Waals surface area (Å²) in [4.78, 5) is 16.0. The molecular formula is C23H17ClF3N5OS. The van der Waals surface area contributed by atoms with Gasteiger partial charge in [-0.25, -0.2) is 0 Å². The predicted octanol–water partition coefficient (Wildman–Crippen LogP) is 5.87. The number of carbonyl (C=O) groups is 1. The molecule has 2 aromatic carbocycles. The third-order valence-electron chi connectivity index (χ3n) is 4.96. The van der Waals surface area contributed by atoms with Gasteiger partial charge < -0.3 is 20.5 Å². The van der Waals surface area contributed by atoms with Crippen LogP contribution in [0.3, 0.4) is 0 Å². The van der Waals surface area contributed by atoms with Crippen LogP contribution in [-0.2, 0) is 6.18 Å². The van der Waals surface area contributed by atoms with E-state index in [1.165, 1.54) is 19.2 Å². The van der Waals surface area contributed by atoms with Crippen molar-refractivity contribution in [2.45, 2.75) is 6.18 Å². The lowest BCUT2D eigenvalue weighted by molar-refractivity contribution is -0.137. The molecule has 0 unspecified atom stereocenters. The van der Waals surface area contributed by atoms with Crippen LogP contribution < -0.4 is 16.0 Å². The van der Waals surface area contributed by atoms with Gasteiger partial charge in [0, 0.05) is 41.9 Å². The van der Waals surface area contributed by atoms with Crippen LogP contribution in [-0.4, -0.2) is 27.6 Å². The van der Waals surface area contributed by atoms with Gasteiger partial charge in [0.1, 0.15) is 5.69 Å². The maximum absolute atomic E-state index is 13.1. The Hall–Kier alpha value is -3.63. The summed E-state index contributed by atoms with van der Waals surface area (Å²) >= 11 is 10.9. The van der Waals surface area contributed by atoms with Crippen LogP contribution in [0.1, 0.15) is 16.1 Å². The second kappa shape index (κ2) is 9.32. The van der Waals surface area contributed by atoms with Gasteiger partial charge in [0.05, 0.1) is 16.1 Å². The van der Waals surface area contributed by atoms with Crippen molar-refractivity contribution in [1.29, 1.82) is 0 Å². The number of amides is 1. The van der Waals surface area contributed by atoms with Crippen LogP contribution in [0.5, 0.6) is 0 Å². The van der Waals surface area contributed by atoms with Crippen LogP contribution in [0, 0.1) is 0 Å². The number of nitrogens with one attached hydrogen (secondary N) is 3. The largest absolute Gasteiger partial charge is 0.417 e. The molecule has 0 atom stereocenters. The summed E-state index contributed by atoms with van der Waals surface area (Å²) in [6.45, 7) is 0. The van der Waals surface area contributed by atoms with E-state index in [4.69, 9.17) is 23.8 Å². The summed E-state index contributed by atoms with van der Waals surface area (Å²) in [6.07, 6.45) is -1.15. The van der Waals surface area contributed by atoms with Crippen LogP contribution in [0.25, 0.3) is 16.6 Å². The normalized spacial score (nSPS) is 11.3. The fraction of sp³-hybridized carbons (Fsp3) is 0.0870. The average molecular weight is 504 g/mol. The number of hydrogen-bond donors (Lipinski definition) is 3. The Morgan fingerprint density at radius 1 is 1.03 bits per heavy atom. The molecule has 11 heteroatoms. The molecule has 0 radical (unpaired) electrons. The maximum Gasteiger partial charge on any atom is 0.417 e. The van der Waals surface area contributed by atoms with E-state index in [0.717, 1.165) is 22.7 Å². The van der Waals surface area contributed by atoms with Crippen molar-refractivity contribution in [3.05, 3.63) is 83.3 Å². The molecule has 0 saturated heterocycles. The highest BCUT2D eigenvalue weighted by Crippen LogP contribution is 2.36. The van der Waals surface area contributed by atoms with Gasteiger partial charge in [-0.2, -0.15) is 13.2 Å². The zero-order valence-electron chi connectivity index (χ0n) is 17.6. The minimum Gasteiger partial charge on any atom is -0.354 e. The van der Waals surface area contributed by atoms with E-state index >= 15 is 0 Å². The first-order valence-electron chi connectivity index (χ1n) is 9.90. The van der Waals surface area contributed by atoms with Crippen LogP contribution in [0.15, 0.2) is 67.0 Å². The second-order valence-electron chi connectivity index (χ2n) is 7.21. The fourth-order valence-electron chi connectivity index (χ4n) is 3.38. The molecular weight excluding hydrogens is 487 g/mol. The van der Waals surface area contributed by atoms with E-state index in [9.17, 15) is 18.0 Å². The minimum atomic E-state index is -4.57. The summed E-state index contributed by atoms with van der Waals surface area (Å²) in [5.41, 5.74) is 1.81. The summed E-state index contributed by atoms with van der Waals surface area (Å²) in [5, 5.41) is 8.88. The molecule has 0 fully saturated rings. The molecule has 0 aliphatic heterocycles. The zero-order chi connectivity index (χ0) is 24.5. The van der Waals surface area contributed by atoms with Crippen molar-refractivity contribution in [3.8, 4) is 5.69 Å². The number of nitrogens with zero attached hydrogens (tertiary/aromatic N) is 2. The van der Waals surface area contributed by atoms with Gasteiger partial charge in [0.2, 0.25) is 0 Å². The van der Waals surface area contributed by atoms with Gasteiger partial charge in [-0.05, 0) is 66.8 Å². The van der Waals surface area contributed by atoms with Crippen molar-refractivity contribution in [2.24, 2.45) is 0 Å². The first kappa shape index (κ1) is 23.5. The number of alkyl halides is 3. The lowest BCUT2D eigenvalue weighted by Gasteiger charge is -2.14. The molecule has 174 valence electrons. The number of anilines is 2. The van der Waals surface area contributed by atoms with Crippen LogP contribution in [0.2, 0.25) is 5.02 Å². The average Bonchev–Trinajstić information content (AvgIpc) is 3.22.